The Labute approximate surface area is 127 Å². The van der Waals surface area contributed by atoms with Crippen molar-refractivity contribution in [2.75, 3.05) is 13.2 Å². The lowest BCUT2D eigenvalue weighted by Crippen LogP contribution is -2.34. The molecule has 0 saturated carbocycles. The number of carbonyl (C=O) groups is 1. The number of amides is 1. The third kappa shape index (κ3) is 6.31. The van der Waals surface area contributed by atoms with Crippen molar-refractivity contribution < 1.29 is 19.2 Å². The number of ether oxygens (including phenoxy) is 2. The van der Waals surface area contributed by atoms with Crippen LogP contribution in [0.1, 0.15) is 20.8 Å². The number of hydrogen-bond donors (Lipinski definition) is 1. The number of alkyl carbamates (subject to hydrolysis) is 1. The van der Waals surface area contributed by atoms with Crippen LogP contribution >= 0.6 is 11.6 Å². The minimum Gasteiger partial charge on any atom is -0.491 e. The zero-order valence-corrected chi connectivity index (χ0v) is 12.8. The van der Waals surface area contributed by atoms with E-state index in [1.807, 2.05) is 0 Å². The quantitative estimate of drug-likeness (QED) is 0.512. The van der Waals surface area contributed by atoms with E-state index in [4.69, 9.17) is 21.1 Å². The van der Waals surface area contributed by atoms with Crippen molar-refractivity contribution in [3.8, 4) is 5.75 Å². The van der Waals surface area contributed by atoms with Gasteiger partial charge in [0.2, 0.25) is 0 Å². The third-order valence-corrected chi connectivity index (χ3v) is 2.47. The SMILES string of the molecule is CC(C)(C)OC(=O)NCCOc1ccc(Cl)c([N+](=O)[O-])c1. The van der Waals surface area contributed by atoms with E-state index in [2.05, 4.69) is 5.32 Å². The van der Waals surface area contributed by atoms with Crippen LogP contribution in [0.25, 0.3) is 0 Å². The first-order chi connectivity index (χ1) is 9.69. The summed E-state index contributed by atoms with van der Waals surface area (Å²) in [5.41, 5.74) is -0.795. The van der Waals surface area contributed by atoms with Gasteiger partial charge >= 0.3 is 6.09 Å². The number of nitro groups is 1. The molecular formula is C13H17ClN2O5. The molecule has 1 rings (SSSR count). The number of carbonyl (C=O) groups excluding carboxylic acids is 1. The van der Waals surface area contributed by atoms with Crippen molar-refractivity contribution in [1.29, 1.82) is 0 Å². The van der Waals surface area contributed by atoms with Crippen molar-refractivity contribution in [2.24, 2.45) is 0 Å². The van der Waals surface area contributed by atoms with Gasteiger partial charge in [0.05, 0.1) is 17.5 Å². The second-order valence-electron chi connectivity index (χ2n) is 5.15. The molecule has 0 aromatic heterocycles. The molecule has 21 heavy (non-hydrogen) atoms. The first kappa shape index (κ1) is 17.0. The van der Waals surface area contributed by atoms with Crippen LogP contribution in [0.5, 0.6) is 5.75 Å². The van der Waals surface area contributed by atoms with Gasteiger partial charge in [0.15, 0.2) is 0 Å². The molecule has 0 aliphatic heterocycles. The standard InChI is InChI=1S/C13H17ClN2O5/c1-13(2,3)21-12(17)15-6-7-20-9-4-5-10(14)11(8-9)16(18)19/h4-5,8H,6-7H2,1-3H3,(H,15,17). The molecule has 8 heteroatoms. The monoisotopic (exact) mass is 316 g/mol. The summed E-state index contributed by atoms with van der Waals surface area (Å²) in [6.07, 6.45) is -0.548. The minimum absolute atomic E-state index is 0.0410. The Bertz CT molecular complexity index is 528. The Hall–Kier alpha value is -2.02. The second-order valence-corrected chi connectivity index (χ2v) is 5.55. The van der Waals surface area contributed by atoms with Gasteiger partial charge in [-0.25, -0.2) is 4.79 Å². The Morgan fingerprint density at radius 1 is 1.43 bits per heavy atom. The van der Waals surface area contributed by atoms with E-state index in [9.17, 15) is 14.9 Å². The van der Waals surface area contributed by atoms with Crippen LogP contribution in [0.2, 0.25) is 5.02 Å². The largest absolute Gasteiger partial charge is 0.491 e. The first-order valence-corrected chi connectivity index (χ1v) is 6.60. The fourth-order valence-electron chi connectivity index (χ4n) is 1.36. The maximum absolute atomic E-state index is 11.4. The van der Waals surface area contributed by atoms with E-state index in [-0.39, 0.29) is 23.9 Å². The predicted molar refractivity (Wildman–Crippen MR) is 77.8 cm³/mol. The molecule has 1 aromatic rings. The molecule has 1 aromatic carbocycles. The van der Waals surface area contributed by atoms with Gasteiger partial charge in [0, 0.05) is 0 Å². The number of rotatable bonds is 5. The molecule has 0 heterocycles. The maximum atomic E-state index is 11.4. The van der Waals surface area contributed by atoms with Crippen LogP contribution in [-0.2, 0) is 4.74 Å². The Kier molecular flexibility index (Phi) is 5.78. The third-order valence-electron chi connectivity index (χ3n) is 2.15. The van der Waals surface area contributed by atoms with Gasteiger partial charge in [-0.2, -0.15) is 0 Å². The molecule has 116 valence electrons. The fraction of sp³-hybridized carbons (Fsp3) is 0.462. The summed E-state index contributed by atoms with van der Waals surface area (Å²) in [5, 5.41) is 13.3. The summed E-state index contributed by atoms with van der Waals surface area (Å²) in [4.78, 5) is 21.5. The molecule has 0 bridgehead atoms. The van der Waals surface area contributed by atoms with Gasteiger partial charge in [0.25, 0.3) is 5.69 Å². The van der Waals surface area contributed by atoms with E-state index in [0.29, 0.717) is 5.75 Å². The average molecular weight is 317 g/mol. The minimum atomic E-state index is -0.589. The molecule has 0 radical (unpaired) electrons. The number of nitrogens with one attached hydrogen (secondary N) is 1. The lowest BCUT2D eigenvalue weighted by atomic mass is 10.2. The van der Waals surface area contributed by atoms with Gasteiger partial charge in [0.1, 0.15) is 23.0 Å². The van der Waals surface area contributed by atoms with Crippen molar-refractivity contribution in [3.05, 3.63) is 33.3 Å². The van der Waals surface area contributed by atoms with Gasteiger partial charge in [-0.1, -0.05) is 11.6 Å². The predicted octanol–water partition coefficient (Wildman–Crippen LogP) is 3.15. The lowest BCUT2D eigenvalue weighted by Gasteiger charge is -2.19. The first-order valence-electron chi connectivity index (χ1n) is 6.22. The van der Waals surface area contributed by atoms with Crippen LogP contribution in [0.4, 0.5) is 10.5 Å². The van der Waals surface area contributed by atoms with Gasteiger partial charge in [-0.3, -0.25) is 10.1 Å². The molecule has 0 aliphatic rings. The zero-order chi connectivity index (χ0) is 16.0. The molecule has 1 amide bonds. The number of halogens is 1. The van der Waals surface area contributed by atoms with Gasteiger partial charge < -0.3 is 14.8 Å². The number of hydrogen-bond acceptors (Lipinski definition) is 5. The fourth-order valence-corrected chi connectivity index (χ4v) is 1.54. The van der Waals surface area contributed by atoms with E-state index < -0.39 is 16.6 Å². The molecule has 0 atom stereocenters. The Morgan fingerprint density at radius 2 is 2.10 bits per heavy atom. The number of nitro benzene ring substituents is 1. The van der Waals surface area contributed by atoms with Crippen LogP contribution in [-0.4, -0.2) is 29.8 Å². The normalized spacial score (nSPS) is 10.9. The highest BCUT2D eigenvalue weighted by Gasteiger charge is 2.16. The lowest BCUT2D eigenvalue weighted by molar-refractivity contribution is -0.384. The van der Waals surface area contributed by atoms with Crippen LogP contribution in [0.15, 0.2) is 18.2 Å². The molecule has 0 aliphatic carbocycles. The van der Waals surface area contributed by atoms with Crippen LogP contribution in [0, 0.1) is 10.1 Å². The molecule has 0 fully saturated rings. The van der Waals surface area contributed by atoms with Crippen molar-refractivity contribution in [2.45, 2.75) is 26.4 Å². The van der Waals surface area contributed by atoms with Crippen molar-refractivity contribution in [3.63, 3.8) is 0 Å². The molecule has 0 spiro atoms. The van der Waals surface area contributed by atoms with Crippen LogP contribution < -0.4 is 10.1 Å². The van der Waals surface area contributed by atoms with E-state index in [0.717, 1.165) is 0 Å². The van der Waals surface area contributed by atoms with Gasteiger partial charge in [-0.15, -0.1) is 0 Å². The van der Waals surface area contributed by atoms with E-state index in [1.54, 1.807) is 20.8 Å². The molecule has 0 unspecified atom stereocenters. The van der Waals surface area contributed by atoms with E-state index >= 15 is 0 Å². The molecular weight excluding hydrogens is 300 g/mol. The zero-order valence-electron chi connectivity index (χ0n) is 12.0. The summed E-state index contributed by atoms with van der Waals surface area (Å²) < 4.78 is 10.3. The highest BCUT2D eigenvalue weighted by molar-refractivity contribution is 6.32. The molecule has 0 saturated heterocycles. The topological polar surface area (TPSA) is 90.7 Å². The molecule has 1 N–H and O–H groups in total. The highest BCUT2D eigenvalue weighted by Crippen LogP contribution is 2.28. The number of nitrogens with zero attached hydrogens (tertiary/aromatic N) is 1. The summed E-state index contributed by atoms with van der Waals surface area (Å²) in [7, 11) is 0. The van der Waals surface area contributed by atoms with E-state index in [1.165, 1.54) is 18.2 Å². The average Bonchev–Trinajstić information content (AvgIpc) is 2.34. The molecule has 7 nitrogen and oxygen atoms in total. The number of benzene rings is 1. The van der Waals surface area contributed by atoms with Gasteiger partial charge in [-0.05, 0) is 32.9 Å². The maximum Gasteiger partial charge on any atom is 0.407 e. The van der Waals surface area contributed by atoms with Crippen LogP contribution in [0.3, 0.4) is 0 Å². The summed E-state index contributed by atoms with van der Waals surface area (Å²) in [6, 6.07) is 4.13. The Balaban J connectivity index is 2.41. The Morgan fingerprint density at radius 3 is 2.67 bits per heavy atom. The van der Waals surface area contributed by atoms with Crippen molar-refractivity contribution in [1.82, 2.24) is 5.32 Å². The second kappa shape index (κ2) is 7.12. The smallest absolute Gasteiger partial charge is 0.407 e. The highest BCUT2D eigenvalue weighted by atomic mass is 35.5. The summed E-state index contributed by atoms with van der Waals surface area (Å²) in [5.74, 6) is 0.303. The van der Waals surface area contributed by atoms with Crippen molar-refractivity contribution >= 4 is 23.4 Å². The summed E-state index contributed by atoms with van der Waals surface area (Å²) >= 11 is 5.68. The summed E-state index contributed by atoms with van der Waals surface area (Å²) in [6.45, 7) is 5.64.